The van der Waals surface area contributed by atoms with E-state index in [-0.39, 0.29) is 36.4 Å². The first-order valence-electron chi connectivity index (χ1n) is 9.82. The second kappa shape index (κ2) is 9.12. The smallest absolute Gasteiger partial charge is 0.444 e. The van der Waals surface area contributed by atoms with Gasteiger partial charge >= 0.3 is 12.5 Å². The monoisotopic (exact) mass is 550 g/mol. The summed E-state index contributed by atoms with van der Waals surface area (Å²) in [7, 11) is -3.88. The molecule has 2 aliphatic rings. The molecule has 1 saturated heterocycles. The number of hydrogen-bond donors (Lipinski definition) is 0. The molecule has 0 aromatic heterocycles. The first-order chi connectivity index (χ1) is 15.5. The molecule has 0 saturated carbocycles. The molecule has 178 valence electrons. The molecule has 4 rings (SSSR count). The third kappa shape index (κ3) is 5.26. The third-order valence-electron chi connectivity index (χ3n) is 5.33. The Labute approximate surface area is 195 Å². The lowest BCUT2D eigenvalue weighted by Crippen LogP contribution is -2.50. The van der Waals surface area contributed by atoms with E-state index in [9.17, 15) is 26.4 Å². The van der Waals surface area contributed by atoms with Crippen molar-refractivity contribution in [3.63, 3.8) is 0 Å². The van der Waals surface area contributed by atoms with Crippen LogP contribution < -0.4 is 9.79 Å². The Morgan fingerprint density at radius 3 is 2.36 bits per heavy atom. The number of carbonyl (C=O) groups excluding carboxylic acids is 1. The van der Waals surface area contributed by atoms with Crippen LogP contribution in [0, 0.1) is 0 Å². The fourth-order valence-corrected chi connectivity index (χ4v) is 5.69. The van der Waals surface area contributed by atoms with Gasteiger partial charge in [-0.2, -0.15) is 4.31 Å². The number of sulfonamides is 1. The van der Waals surface area contributed by atoms with Crippen molar-refractivity contribution >= 4 is 37.7 Å². The zero-order valence-corrected chi connectivity index (χ0v) is 19.3. The molecule has 2 heterocycles. The van der Waals surface area contributed by atoms with E-state index in [1.807, 2.05) is 18.2 Å². The summed E-state index contributed by atoms with van der Waals surface area (Å²) in [6.07, 6.45) is -4.66. The van der Waals surface area contributed by atoms with E-state index < -0.39 is 22.5 Å². The molecule has 2 aromatic carbocycles. The molecule has 13 heteroatoms. The average Bonchev–Trinajstić information content (AvgIpc) is 2.78. The summed E-state index contributed by atoms with van der Waals surface area (Å²) in [5.74, 6) is -0.293. The number of carbonyl (C=O) groups is 1. The van der Waals surface area contributed by atoms with Crippen LogP contribution in [-0.2, 0) is 26.3 Å². The van der Waals surface area contributed by atoms with Crippen molar-refractivity contribution in [1.82, 2.24) is 4.31 Å². The summed E-state index contributed by atoms with van der Waals surface area (Å²) in [6, 6.07) is 9.74. The summed E-state index contributed by atoms with van der Waals surface area (Å²) in [6.45, 7) is 0.501. The van der Waals surface area contributed by atoms with Crippen LogP contribution >= 0.6 is 15.9 Å². The molecule has 2 aliphatic heterocycles. The second-order valence-electron chi connectivity index (χ2n) is 7.42. The Hall–Kier alpha value is -2.35. The van der Waals surface area contributed by atoms with E-state index in [2.05, 4.69) is 25.7 Å². The van der Waals surface area contributed by atoms with Gasteiger partial charge in [0.05, 0.1) is 10.6 Å². The lowest BCUT2D eigenvalue weighted by molar-refractivity contribution is -0.444. The van der Waals surface area contributed by atoms with Crippen LogP contribution in [0.1, 0.15) is 18.4 Å². The van der Waals surface area contributed by atoms with E-state index in [0.29, 0.717) is 12.8 Å². The van der Waals surface area contributed by atoms with Crippen molar-refractivity contribution < 1.29 is 40.9 Å². The number of anilines is 1. The van der Waals surface area contributed by atoms with Gasteiger partial charge in [0.25, 0.3) is 0 Å². The fourth-order valence-electron chi connectivity index (χ4n) is 3.81. The zero-order valence-electron chi connectivity index (χ0n) is 16.9. The molecule has 0 atom stereocenters. The number of rotatable bonds is 5. The van der Waals surface area contributed by atoms with Gasteiger partial charge in [0.2, 0.25) is 10.0 Å². The predicted molar refractivity (Wildman–Crippen MR) is 113 cm³/mol. The minimum Gasteiger partial charge on any atom is -0.444 e. The Balaban J connectivity index is 1.43. The highest BCUT2D eigenvalue weighted by atomic mass is 79.9. The van der Waals surface area contributed by atoms with Crippen LogP contribution in [0.15, 0.2) is 51.8 Å². The number of nitrogens with zero attached hydrogens (tertiary/aromatic N) is 2. The molecule has 8 nitrogen and oxygen atoms in total. The first-order valence-corrected chi connectivity index (χ1v) is 12.0. The quantitative estimate of drug-likeness (QED) is 0.400. The number of amides is 1. The zero-order chi connectivity index (χ0) is 23.8. The molecule has 0 N–H and O–H groups in total. The number of piperidine rings is 1. The number of hydrogen-bond acceptors (Lipinski definition) is 6. The summed E-state index contributed by atoms with van der Waals surface area (Å²) < 4.78 is 69.5. The number of fused-ring (bicyclic) bond motifs is 1. The van der Waals surface area contributed by atoms with Crippen molar-refractivity contribution in [1.29, 1.82) is 0 Å². The standard InChI is InChI=1S/C20H18BrF3N2O6S/c21-14-1-6-18-13(11-14)12-30-19(27)26(18)15-7-9-25(10-8-15)33(28,29)17-4-2-16(3-5-17)31-32-20(22,23)24/h1-6,11,15H,7-10,12H2. The summed E-state index contributed by atoms with van der Waals surface area (Å²) in [5.41, 5.74) is 1.60. The SMILES string of the molecule is O=C1OCc2cc(Br)ccc2N1C1CCN(S(=O)(=O)c2ccc(OOC(F)(F)F)cc2)CC1. The highest BCUT2D eigenvalue weighted by molar-refractivity contribution is 9.10. The van der Waals surface area contributed by atoms with Crippen LogP contribution in [0.4, 0.5) is 23.7 Å². The lowest BCUT2D eigenvalue weighted by Gasteiger charge is -2.39. The highest BCUT2D eigenvalue weighted by Crippen LogP contribution is 2.34. The Bertz CT molecular complexity index is 1140. The minimum atomic E-state index is -4.98. The molecule has 1 fully saturated rings. The van der Waals surface area contributed by atoms with Crippen molar-refractivity contribution in [2.24, 2.45) is 0 Å². The number of ether oxygens (including phenoxy) is 1. The van der Waals surface area contributed by atoms with Gasteiger partial charge in [0, 0.05) is 29.2 Å². The van der Waals surface area contributed by atoms with Crippen LogP contribution in [0.25, 0.3) is 0 Å². The Morgan fingerprint density at radius 2 is 1.73 bits per heavy atom. The van der Waals surface area contributed by atoms with Crippen LogP contribution in [0.2, 0.25) is 0 Å². The van der Waals surface area contributed by atoms with E-state index in [1.165, 1.54) is 4.31 Å². The number of halogens is 4. The molecule has 0 radical (unpaired) electrons. The Morgan fingerprint density at radius 1 is 1.06 bits per heavy atom. The van der Waals surface area contributed by atoms with Gasteiger partial charge in [0.15, 0.2) is 5.75 Å². The van der Waals surface area contributed by atoms with Gasteiger partial charge in [-0.05, 0) is 55.3 Å². The van der Waals surface area contributed by atoms with Crippen LogP contribution in [-0.4, -0.2) is 44.3 Å². The molecule has 2 aromatic rings. The van der Waals surface area contributed by atoms with Crippen LogP contribution in [0.5, 0.6) is 5.75 Å². The van der Waals surface area contributed by atoms with Gasteiger partial charge in [-0.1, -0.05) is 20.8 Å². The number of benzene rings is 2. The predicted octanol–water partition coefficient (Wildman–Crippen LogP) is 4.59. The summed E-state index contributed by atoms with van der Waals surface area (Å²) in [4.78, 5) is 21.3. The minimum absolute atomic E-state index is 0.0899. The van der Waals surface area contributed by atoms with Crippen molar-refractivity contribution in [2.75, 3.05) is 18.0 Å². The fraction of sp³-hybridized carbons (Fsp3) is 0.350. The van der Waals surface area contributed by atoms with E-state index in [1.54, 1.807) is 4.90 Å². The average molecular weight is 551 g/mol. The maximum Gasteiger partial charge on any atom is 0.558 e. The molecule has 1 amide bonds. The maximum absolute atomic E-state index is 13.0. The van der Waals surface area contributed by atoms with Gasteiger partial charge < -0.3 is 9.62 Å². The molecule has 0 spiro atoms. The second-order valence-corrected chi connectivity index (χ2v) is 10.3. The lowest BCUT2D eigenvalue weighted by atomic mass is 10.0. The highest BCUT2D eigenvalue weighted by Gasteiger charge is 2.37. The molecule has 0 aliphatic carbocycles. The number of cyclic esters (lactones) is 1. The van der Waals surface area contributed by atoms with Crippen molar-refractivity contribution in [3.8, 4) is 5.75 Å². The van der Waals surface area contributed by atoms with Crippen molar-refractivity contribution in [2.45, 2.75) is 36.7 Å². The van der Waals surface area contributed by atoms with E-state index >= 15 is 0 Å². The van der Waals surface area contributed by atoms with E-state index in [4.69, 9.17) is 4.74 Å². The van der Waals surface area contributed by atoms with Gasteiger partial charge in [0.1, 0.15) is 6.61 Å². The maximum atomic E-state index is 13.0. The van der Waals surface area contributed by atoms with Gasteiger partial charge in [-0.25, -0.2) is 13.2 Å². The van der Waals surface area contributed by atoms with Crippen LogP contribution in [0.3, 0.4) is 0 Å². The van der Waals surface area contributed by atoms with Gasteiger partial charge in [-0.15, -0.1) is 13.2 Å². The largest absolute Gasteiger partial charge is 0.558 e. The molecule has 0 unspecified atom stereocenters. The summed E-state index contributed by atoms with van der Waals surface area (Å²) >= 11 is 3.40. The third-order valence-corrected chi connectivity index (χ3v) is 7.74. The Kier molecular flexibility index (Phi) is 6.58. The molecular formula is C20H18BrF3N2O6S. The first kappa shape index (κ1) is 23.8. The van der Waals surface area contributed by atoms with Gasteiger partial charge in [-0.3, -0.25) is 4.90 Å². The summed E-state index contributed by atoms with van der Waals surface area (Å²) in [5, 5.41) is 0. The number of alkyl halides is 3. The van der Waals surface area contributed by atoms with E-state index in [0.717, 1.165) is 40.0 Å². The molecule has 33 heavy (non-hydrogen) atoms. The molecular weight excluding hydrogens is 533 g/mol. The topological polar surface area (TPSA) is 85.4 Å². The normalized spacial score (nSPS) is 18.1. The molecule has 0 bridgehead atoms. The van der Waals surface area contributed by atoms with Crippen molar-refractivity contribution in [3.05, 3.63) is 52.5 Å².